The first kappa shape index (κ1) is 15.7. The standard InChI is InChI=1S/C18H23NO2/c1-21-14-17-10-6-5-9-16(17)12-19-18(13-20)11-15-7-3-2-4-8-15/h2-10,18-20H,11-14H2,1H3/t18-/m1/s1. The highest BCUT2D eigenvalue weighted by Gasteiger charge is 2.09. The van der Waals surface area contributed by atoms with Gasteiger partial charge >= 0.3 is 0 Å². The molecule has 0 unspecified atom stereocenters. The highest BCUT2D eigenvalue weighted by atomic mass is 16.5. The first-order chi connectivity index (χ1) is 10.3. The fourth-order valence-corrected chi connectivity index (χ4v) is 2.38. The topological polar surface area (TPSA) is 41.5 Å². The Hall–Kier alpha value is -1.68. The number of hydrogen-bond acceptors (Lipinski definition) is 3. The summed E-state index contributed by atoms with van der Waals surface area (Å²) < 4.78 is 5.22. The molecule has 0 aliphatic heterocycles. The molecule has 2 N–H and O–H groups in total. The summed E-state index contributed by atoms with van der Waals surface area (Å²) in [6.45, 7) is 1.47. The van der Waals surface area contributed by atoms with Crippen LogP contribution in [-0.2, 0) is 24.3 Å². The lowest BCUT2D eigenvalue weighted by molar-refractivity contribution is 0.183. The Morgan fingerprint density at radius 2 is 1.67 bits per heavy atom. The van der Waals surface area contributed by atoms with Crippen molar-refractivity contribution in [1.29, 1.82) is 0 Å². The van der Waals surface area contributed by atoms with E-state index in [0.29, 0.717) is 6.61 Å². The van der Waals surface area contributed by atoms with Gasteiger partial charge in [0.25, 0.3) is 0 Å². The third-order valence-corrected chi connectivity index (χ3v) is 3.54. The number of benzene rings is 2. The Morgan fingerprint density at radius 1 is 1.00 bits per heavy atom. The van der Waals surface area contributed by atoms with Crippen molar-refractivity contribution in [3.63, 3.8) is 0 Å². The minimum atomic E-state index is 0.0583. The van der Waals surface area contributed by atoms with Crippen molar-refractivity contribution in [1.82, 2.24) is 5.32 Å². The Bertz CT molecular complexity index is 528. The third-order valence-electron chi connectivity index (χ3n) is 3.54. The van der Waals surface area contributed by atoms with E-state index in [1.807, 2.05) is 30.3 Å². The maximum atomic E-state index is 9.55. The van der Waals surface area contributed by atoms with Crippen LogP contribution in [0.2, 0.25) is 0 Å². The van der Waals surface area contributed by atoms with E-state index < -0.39 is 0 Å². The van der Waals surface area contributed by atoms with Crippen molar-refractivity contribution >= 4 is 0 Å². The molecule has 0 aliphatic rings. The molecule has 2 rings (SSSR count). The van der Waals surface area contributed by atoms with E-state index in [-0.39, 0.29) is 12.6 Å². The second kappa shape index (κ2) is 8.57. The predicted octanol–water partition coefficient (Wildman–Crippen LogP) is 2.53. The highest BCUT2D eigenvalue weighted by Crippen LogP contribution is 2.10. The van der Waals surface area contributed by atoms with Gasteiger partial charge in [-0.3, -0.25) is 0 Å². The normalized spacial score (nSPS) is 12.3. The Morgan fingerprint density at radius 3 is 2.33 bits per heavy atom. The summed E-state index contributed by atoms with van der Waals surface area (Å²) >= 11 is 0. The molecule has 0 aromatic heterocycles. The molecule has 21 heavy (non-hydrogen) atoms. The summed E-state index contributed by atoms with van der Waals surface area (Å²) in [6.07, 6.45) is 0.823. The molecule has 0 spiro atoms. The molecule has 0 amide bonds. The fraction of sp³-hybridized carbons (Fsp3) is 0.333. The zero-order valence-corrected chi connectivity index (χ0v) is 12.5. The Kier molecular flexibility index (Phi) is 6.41. The fourth-order valence-electron chi connectivity index (χ4n) is 2.38. The summed E-state index contributed by atoms with van der Waals surface area (Å²) in [7, 11) is 1.70. The highest BCUT2D eigenvalue weighted by molar-refractivity contribution is 5.26. The molecular formula is C18H23NO2. The van der Waals surface area contributed by atoms with Crippen LogP contribution in [0.1, 0.15) is 16.7 Å². The zero-order chi connectivity index (χ0) is 14.9. The molecule has 3 nitrogen and oxygen atoms in total. The zero-order valence-electron chi connectivity index (χ0n) is 12.5. The summed E-state index contributed by atoms with van der Waals surface area (Å²) in [6, 6.07) is 18.5. The van der Waals surface area contributed by atoms with Crippen LogP contribution < -0.4 is 5.32 Å². The predicted molar refractivity (Wildman–Crippen MR) is 85.0 cm³/mol. The number of aliphatic hydroxyl groups is 1. The van der Waals surface area contributed by atoms with Gasteiger partial charge in [0, 0.05) is 19.7 Å². The molecule has 3 heteroatoms. The van der Waals surface area contributed by atoms with Crippen LogP contribution in [0.15, 0.2) is 54.6 Å². The van der Waals surface area contributed by atoms with Gasteiger partial charge in [-0.25, -0.2) is 0 Å². The van der Waals surface area contributed by atoms with Crippen molar-refractivity contribution in [2.75, 3.05) is 13.7 Å². The van der Waals surface area contributed by atoms with Gasteiger partial charge in [0.1, 0.15) is 0 Å². The van der Waals surface area contributed by atoms with Crippen molar-refractivity contribution in [3.8, 4) is 0 Å². The van der Waals surface area contributed by atoms with E-state index in [9.17, 15) is 5.11 Å². The first-order valence-corrected chi connectivity index (χ1v) is 7.27. The van der Waals surface area contributed by atoms with Crippen LogP contribution in [-0.4, -0.2) is 24.9 Å². The van der Waals surface area contributed by atoms with Gasteiger partial charge in [-0.2, -0.15) is 0 Å². The van der Waals surface area contributed by atoms with Gasteiger partial charge in [0.15, 0.2) is 0 Å². The molecular weight excluding hydrogens is 262 g/mol. The maximum Gasteiger partial charge on any atom is 0.0716 e. The second-order valence-electron chi connectivity index (χ2n) is 5.15. The summed E-state index contributed by atoms with van der Waals surface area (Å²) in [5, 5.41) is 13.0. The lowest BCUT2D eigenvalue weighted by Gasteiger charge is -2.18. The van der Waals surface area contributed by atoms with Crippen LogP contribution in [0, 0.1) is 0 Å². The van der Waals surface area contributed by atoms with Gasteiger partial charge in [0.05, 0.1) is 13.2 Å². The van der Waals surface area contributed by atoms with Gasteiger partial charge in [-0.15, -0.1) is 0 Å². The molecule has 2 aromatic rings. The van der Waals surface area contributed by atoms with Crippen LogP contribution >= 0.6 is 0 Å². The molecule has 0 saturated carbocycles. The molecule has 112 valence electrons. The molecule has 0 saturated heterocycles. The van der Waals surface area contributed by atoms with Crippen molar-refractivity contribution in [2.24, 2.45) is 0 Å². The van der Waals surface area contributed by atoms with Crippen molar-refractivity contribution < 1.29 is 9.84 Å². The number of aliphatic hydroxyl groups excluding tert-OH is 1. The Balaban J connectivity index is 1.94. The number of hydrogen-bond donors (Lipinski definition) is 2. The molecule has 1 atom stereocenters. The van der Waals surface area contributed by atoms with Gasteiger partial charge in [-0.1, -0.05) is 54.6 Å². The largest absolute Gasteiger partial charge is 0.395 e. The molecule has 0 heterocycles. The quantitative estimate of drug-likeness (QED) is 0.783. The Labute approximate surface area is 126 Å². The van der Waals surface area contributed by atoms with E-state index in [0.717, 1.165) is 13.0 Å². The van der Waals surface area contributed by atoms with E-state index in [2.05, 4.69) is 29.6 Å². The second-order valence-corrected chi connectivity index (χ2v) is 5.15. The van der Waals surface area contributed by atoms with E-state index in [4.69, 9.17) is 4.74 Å². The van der Waals surface area contributed by atoms with E-state index in [1.54, 1.807) is 7.11 Å². The van der Waals surface area contributed by atoms with Crippen LogP contribution in [0.4, 0.5) is 0 Å². The molecule has 2 aromatic carbocycles. The number of methoxy groups -OCH3 is 1. The SMILES string of the molecule is COCc1ccccc1CN[C@@H](CO)Cc1ccccc1. The maximum absolute atomic E-state index is 9.55. The van der Waals surface area contributed by atoms with Crippen molar-refractivity contribution in [3.05, 3.63) is 71.3 Å². The number of rotatable bonds is 8. The molecule has 0 bridgehead atoms. The minimum Gasteiger partial charge on any atom is -0.395 e. The van der Waals surface area contributed by atoms with Crippen molar-refractivity contribution in [2.45, 2.75) is 25.6 Å². The smallest absolute Gasteiger partial charge is 0.0716 e. The first-order valence-electron chi connectivity index (χ1n) is 7.27. The van der Waals surface area contributed by atoms with Gasteiger partial charge < -0.3 is 15.2 Å². The van der Waals surface area contributed by atoms with Crippen LogP contribution in [0.5, 0.6) is 0 Å². The van der Waals surface area contributed by atoms with E-state index >= 15 is 0 Å². The number of ether oxygens (including phenoxy) is 1. The average Bonchev–Trinajstić information content (AvgIpc) is 2.54. The van der Waals surface area contributed by atoms with Gasteiger partial charge in [0.2, 0.25) is 0 Å². The van der Waals surface area contributed by atoms with Crippen LogP contribution in [0.3, 0.4) is 0 Å². The average molecular weight is 285 g/mol. The van der Waals surface area contributed by atoms with Gasteiger partial charge in [-0.05, 0) is 23.1 Å². The summed E-state index contributed by atoms with van der Waals surface area (Å²) in [5.74, 6) is 0. The third kappa shape index (κ3) is 4.97. The lowest BCUT2D eigenvalue weighted by atomic mass is 10.0. The number of nitrogens with one attached hydrogen (secondary N) is 1. The van der Waals surface area contributed by atoms with E-state index in [1.165, 1.54) is 16.7 Å². The molecule has 0 fully saturated rings. The molecule has 0 radical (unpaired) electrons. The monoisotopic (exact) mass is 285 g/mol. The summed E-state index contributed by atoms with van der Waals surface area (Å²) in [5.41, 5.74) is 3.63. The summed E-state index contributed by atoms with van der Waals surface area (Å²) in [4.78, 5) is 0. The van der Waals surface area contributed by atoms with Crippen LogP contribution in [0.25, 0.3) is 0 Å². The minimum absolute atomic E-state index is 0.0583. The lowest BCUT2D eigenvalue weighted by Crippen LogP contribution is -2.34. The molecule has 0 aliphatic carbocycles.